The number of anilines is 1. The number of hydrogen-bond donors (Lipinski definition) is 0. The van der Waals surface area contributed by atoms with Gasteiger partial charge >= 0.3 is 0 Å². The molecule has 3 heterocycles. The van der Waals surface area contributed by atoms with Crippen LogP contribution in [0.3, 0.4) is 0 Å². The summed E-state index contributed by atoms with van der Waals surface area (Å²) in [6, 6.07) is 5.49. The molecule has 0 unspecified atom stereocenters. The largest absolute Gasteiger partial charge is 0.454 e. The van der Waals surface area contributed by atoms with E-state index in [1.165, 1.54) is 11.3 Å². The van der Waals surface area contributed by atoms with E-state index in [9.17, 15) is 9.59 Å². The maximum Gasteiger partial charge on any atom is 0.277 e. The van der Waals surface area contributed by atoms with Crippen LogP contribution in [0.1, 0.15) is 41.2 Å². The lowest BCUT2D eigenvalue weighted by atomic mass is 9.97. The van der Waals surface area contributed by atoms with Gasteiger partial charge in [-0.3, -0.25) is 9.59 Å². The highest BCUT2D eigenvalue weighted by molar-refractivity contribution is 7.10. The zero-order valence-corrected chi connectivity index (χ0v) is 21.6. The Bertz CT molecular complexity index is 1020. The van der Waals surface area contributed by atoms with Crippen LogP contribution in [0.4, 0.5) is 5.69 Å². The molecule has 0 radical (unpaired) electrons. The van der Waals surface area contributed by atoms with Gasteiger partial charge < -0.3 is 33.5 Å². The van der Waals surface area contributed by atoms with Gasteiger partial charge in [0.25, 0.3) is 5.91 Å². The molecular formula is C25H33N3O7S. The van der Waals surface area contributed by atoms with E-state index in [0.29, 0.717) is 63.3 Å². The number of likely N-dealkylation sites (tertiary alicyclic amines) is 1. The first-order chi connectivity index (χ1) is 17.6. The third kappa shape index (κ3) is 6.52. The monoisotopic (exact) mass is 519 g/mol. The Morgan fingerprint density at radius 2 is 1.86 bits per heavy atom. The molecule has 0 N–H and O–H groups in total. The van der Waals surface area contributed by atoms with Gasteiger partial charge in [-0.15, -0.1) is 11.3 Å². The first-order valence-corrected chi connectivity index (χ1v) is 13.1. The maximum absolute atomic E-state index is 13.2. The van der Waals surface area contributed by atoms with E-state index in [1.807, 2.05) is 35.4 Å². The van der Waals surface area contributed by atoms with Crippen molar-refractivity contribution in [2.45, 2.75) is 25.7 Å². The minimum Gasteiger partial charge on any atom is -0.454 e. The maximum atomic E-state index is 13.2. The first kappa shape index (κ1) is 26.3. The number of hydrogen-bond acceptors (Lipinski definition) is 9. The van der Waals surface area contributed by atoms with Crippen LogP contribution >= 0.6 is 11.3 Å². The molecule has 1 fully saturated rings. The van der Waals surface area contributed by atoms with Crippen molar-refractivity contribution >= 4 is 28.8 Å². The van der Waals surface area contributed by atoms with Gasteiger partial charge in [0.2, 0.25) is 12.7 Å². The number of methoxy groups -OCH3 is 1. The van der Waals surface area contributed by atoms with Crippen LogP contribution in [0.5, 0.6) is 11.5 Å². The standard InChI is InChI=1S/C25H33N3O7S/c1-3-28(19-4-5-21-22(14-19)35-17-34-21)25(30)20-16-36-24(26-20)18-6-8-27(9-7-18)23(29)15-33-13-12-32-11-10-31-2/h4-5,14,16,18H,3,6-13,15,17H2,1-2H3. The Morgan fingerprint density at radius 1 is 1.11 bits per heavy atom. The van der Waals surface area contributed by atoms with E-state index >= 15 is 0 Å². The van der Waals surface area contributed by atoms with E-state index < -0.39 is 0 Å². The number of fused-ring (bicyclic) bond motifs is 1. The lowest BCUT2D eigenvalue weighted by Crippen LogP contribution is -2.40. The molecule has 10 nitrogen and oxygen atoms in total. The number of rotatable bonds is 12. The van der Waals surface area contributed by atoms with Gasteiger partial charge in [0, 0.05) is 49.8 Å². The van der Waals surface area contributed by atoms with Gasteiger partial charge in [-0.1, -0.05) is 0 Å². The molecule has 0 atom stereocenters. The molecule has 0 bridgehead atoms. The Balaban J connectivity index is 1.25. The lowest BCUT2D eigenvalue weighted by Gasteiger charge is -2.31. The molecular weight excluding hydrogens is 486 g/mol. The second-order valence-corrected chi connectivity index (χ2v) is 9.36. The number of amides is 2. The molecule has 2 aliphatic rings. The molecule has 11 heteroatoms. The Labute approximate surface area is 215 Å². The summed E-state index contributed by atoms with van der Waals surface area (Å²) in [4.78, 5) is 33.9. The van der Waals surface area contributed by atoms with Gasteiger partial charge in [-0.05, 0) is 31.9 Å². The molecule has 4 rings (SSSR count). The van der Waals surface area contributed by atoms with Crippen LogP contribution in [-0.4, -0.2) is 88.3 Å². The number of ether oxygens (including phenoxy) is 5. The van der Waals surface area contributed by atoms with Gasteiger partial charge in [0.1, 0.15) is 12.3 Å². The van der Waals surface area contributed by atoms with E-state index in [2.05, 4.69) is 4.98 Å². The quantitative estimate of drug-likeness (QED) is 0.395. The van der Waals surface area contributed by atoms with Gasteiger partial charge in [0.15, 0.2) is 11.5 Å². The summed E-state index contributed by atoms with van der Waals surface area (Å²) < 4.78 is 26.5. The van der Waals surface area contributed by atoms with Gasteiger partial charge in [-0.25, -0.2) is 4.98 Å². The molecule has 2 aliphatic heterocycles. The Morgan fingerprint density at radius 3 is 2.64 bits per heavy atom. The number of carbonyl (C=O) groups excluding carboxylic acids is 2. The normalized spacial score (nSPS) is 15.3. The number of benzene rings is 1. The minimum absolute atomic E-state index is 0.0114. The van der Waals surface area contributed by atoms with Crippen LogP contribution in [0, 0.1) is 0 Å². The predicted octanol–water partition coefficient (Wildman–Crippen LogP) is 2.92. The predicted molar refractivity (Wildman–Crippen MR) is 134 cm³/mol. The van der Waals surface area contributed by atoms with Gasteiger partial charge in [0.05, 0.1) is 31.4 Å². The van der Waals surface area contributed by atoms with Crippen molar-refractivity contribution in [1.29, 1.82) is 0 Å². The number of nitrogens with zero attached hydrogens (tertiary/aromatic N) is 3. The first-order valence-electron chi connectivity index (χ1n) is 12.2. The van der Waals surface area contributed by atoms with Crippen molar-refractivity contribution in [2.75, 3.05) is 71.5 Å². The molecule has 0 spiro atoms. The molecule has 2 amide bonds. The average molecular weight is 520 g/mol. The summed E-state index contributed by atoms with van der Waals surface area (Å²) in [7, 11) is 1.62. The van der Waals surface area contributed by atoms with E-state index in [-0.39, 0.29) is 31.1 Å². The fourth-order valence-electron chi connectivity index (χ4n) is 4.20. The summed E-state index contributed by atoms with van der Waals surface area (Å²) in [5.74, 6) is 1.40. The molecule has 0 saturated carbocycles. The van der Waals surface area contributed by atoms with Crippen molar-refractivity contribution in [1.82, 2.24) is 9.88 Å². The second kappa shape index (κ2) is 13.0. The molecule has 1 aromatic carbocycles. The fraction of sp³-hybridized carbons (Fsp3) is 0.560. The number of aromatic nitrogens is 1. The highest BCUT2D eigenvalue weighted by Gasteiger charge is 2.28. The fourth-order valence-corrected chi connectivity index (χ4v) is 5.16. The van der Waals surface area contributed by atoms with Crippen LogP contribution in [0.15, 0.2) is 23.6 Å². The molecule has 196 valence electrons. The van der Waals surface area contributed by atoms with Crippen molar-refractivity contribution in [3.8, 4) is 11.5 Å². The number of thiazole rings is 1. The van der Waals surface area contributed by atoms with E-state index in [1.54, 1.807) is 12.0 Å². The lowest BCUT2D eigenvalue weighted by molar-refractivity contribution is -0.137. The van der Waals surface area contributed by atoms with Crippen molar-refractivity contribution < 1.29 is 33.3 Å². The summed E-state index contributed by atoms with van der Waals surface area (Å²) in [5, 5.41) is 2.77. The smallest absolute Gasteiger partial charge is 0.277 e. The second-order valence-electron chi connectivity index (χ2n) is 8.47. The molecule has 1 aromatic heterocycles. The third-order valence-electron chi connectivity index (χ3n) is 6.20. The zero-order valence-electron chi connectivity index (χ0n) is 20.8. The topological polar surface area (TPSA) is 99.7 Å². The summed E-state index contributed by atoms with van der Waals surface area (Å²) in [5.41, 5.74) is 1.19. The summed E-state index contributed by atoms with van der Waals surface area (Å²) in [6.45, 7) is 5.86. The number of carbonyl (C=O) groups is 2. The van der Waals surface area contributed by atoms with Crippen LogP contribution in [-0.2, 0) is 19.0 Å². The van der Waals surface area contributed by atoms with Crippen LogP contribution in [0.25, 0.3) is 0 Å². The van der Waals surface area contributed by atoms with Crippen molar-refractivity contribution in [3.63, 3.8) is 0 Å². The Hall–Kier alpha value is -2.73. The highest BCUT2D eigenvalue weighted by Crippen LogP contribution is 2.36. The van der Waals surface area contributed by atoms with Crippen LogP contribution in [0.2, 0.25) is 0 Å². The van der Waals surface area contributed by atoms with Crippen molar-refractivity contribution in [2.24, 2.45) is 0 Å². The average Bonchev–Trinajstić information content (AvgIpc) is 3.58. The Kier molecular flexibility index (Phi) is 9.51. The van der Waals surface area contributed by atoms with Gasteiger partial charge in [-0.2, -0.15) is 0 Å². The summed E-state index contributed by atoms with van der Waals surface area (Å²) in [6.07, 6.45) is 1.62. The van der Waals surface area contributed by atoms with Crippen LogP contribution < -0.4 is 14.4 Å². The zero-order chi connectivity index (χ0) is 25.3. The summed E-state index contributed by atoms with van der Waals surface area (Å²) >= 11 is 1.51. The molecule has 2 aromatic rings. The van der Waals surface area contributed by atoms with E-state index in [4.69, 9.17) is 23.7 Å². The van der Waals surface area contributed by atoms with E-state index in [0.717, 1.165) is 23.5 Å². The highest BCUT2D eigenvalue weighted by atomic mass is 32.1. The number of piperidine rings is 1. The molecule has 1 saturated heterocycles. The third-order valence-corrected chi connectivity index (χ3v) is 7.20. The van der Waals surface area contributed by atoms with Crippen molar-refractivity contribution in [3.05, 3.63) is 34.3 Å². The minimum atomic E-state index is -0.144. The molecule has 0 aliphatic carbocycles. The molecule has 36 heavy (non-hydrogen) atoms. The SMILES string of the molecule is CCN(C(=O)c1csc(C2CCN(C(=O)COCCOCCOC)CC2)n1)c1ccc2c(c1)OCO2.